The second-order valence-corrected chi connectivity index (χ2v) is 6.71. The van der Waals surface area contributed by atoms with Crippen LogP contribution in [0.5, 0.6) is 5.75 Å². The van der Waals surface area contributed by atoms with E-state index in [1.807, 2.05) is 0 Å². The van der Waals surface area contributed by atoms with Gasteiger partial charge in [-0.05, 0) is 36.5 Å². The molecule has 1 amide bonds. The minimum Gasteiger partial charge on any atom is -0.484 e. The molecule has 0 aromatic heterocycles. The fraction of sp³-hybridized carbons (Fsp3) is 0.562. The van der Waals surface area contributed by atoms with Gasteiger partial charge in [-0.3, -0.25) is 4.79 Å². The summed E-state index contributed by atoms with van der Waals surface area (Å²) in [5, 5.41) is 4.05. The molecule has 0 bridgehead atoms. The number of carbonyl (C=O) groups excluding carboxylic acids is 1. The fourth-order valence-corrected chi connectivity index (χ4v) is 3.30. The number of halogens is 2. The molecule has 1 aromatic carbocycles. The number of hydrogen-bond acceptors (Lipinski definition) is 2. The zero-order valence-electron chi connectivity index (χ0n) is 12.4. The molecule has 1 fully saturated rings. The van der Waals surface area contributed by atoms with E-state index in [1.165, 1.54) is 12.8 Å². The van der Waals surface area contributed by atoms with Crippen molar-refractivity contribution in [3.05, 3.63) is 28.2 Å². The molecular weight excluding hydrogens is 309 g/mol. The molecule has 116 valence electrons. The Labute approximate surface area is 136 Å². The van der Waals surface area contributed by atoms with Gasteiger partial charge in [0.05, 0.1) is 0 Å². The summed E-state index contributed by atoms with van der Waals surface area (Å²) in [4.78, 5) is 12.0. The van der Waals surface area contributed by atoms with Crippen molar-refractivity contribution in [3.63, 3.8) is 0 Å². The molecule has 3 atom stereocenters. The predicted molar refractivity (Wildman–Crippen MR) is 86.1 cm³/mol. The fourth-order valence-electron chi connectivity index (χ4n) is 2.79. The largest absolute Gasteiger partial charge is 0.484 e. The highest BCUT2D eigenvalue weighted by atomic mass is 35.5. The van der Waals surface area contributed by atoms with Crippen molar-refractivity contribution in [1.82, 2.24) is 5.32 Å². The summed E-state index contributed by atoms with van der Waals surface area (Å²) in [5.74, 6) is 1.56. The first-order chi connectivity index (χ1) is 9.95. The molecule has 0 spiro atoms. The summed E-state index contributed by atoms with van der Waals surface area (Å²) < 4.78 is 5.45. The molecule has 1 aromatic rings. The monoisotopic (exact) mass is 329 g/mol. The summed E-state index contributed by atoms with van der Waals surface area (Å²) in [6.45, 7) is 4.42. The van der Waals surface area contributed by atoms with E-state index in [9.17, 15) is 4.79 Å². The molecule has 0 saturated heterocycles. The second kappa shape index (κ2) is 7.37. The lowest BCUT2D eigenvalue weighted by molar-refractivity contribution is -0.124. The van der Waals surface area contributed by atoms with Gasteiger partial charge >= 0.3 is 0 Å². The Morgan fingerprint density at radius 2 is 1.90 bits per heavy atom. The molecule has 1 saturated carbocycles. The van der Waals surface area contributed by atoms with Crippen LogP contribution in [-0.4, -0.2) is 18.6 Å². The molecule has 0 radical (unpaired) electrons. The van der Waals surface area contributed by atoms with Crippen LogP contribution in [0.3, 0.4) is 0 Å². The minimum absolute atomic E-state index is 0.0196. The van der Waals surface area contributed by atoms with Crippen LogP contribution in [0.4, 0.5) is 0 Å². The molecule has 5 heteroatoms. The van der Waals surface area contributed by atoms with Crippen molar-refractivity contribution in [2.75, 3.05) is 6.61 Å². The van der Waals surface area contributed by atoms with Crippen LogP contribution in [0.25, 0.3) is 0 Å². The molecule has 21 heavy (non-hydrogen) atoms. The van der Waals surface area contributed by atoms with Gasteiger partial charge in [-0.1, -0.05) is 49.9 Å². The van der Waals surface area contributed by atoms with Crippen LogP contribution in [0, 0.1) is 11.8 Å². The van der Waals surface area contributed by atoms with Crippen LogP contribution < -0.4 is 10.1 Å². The van der Waals surface area contributed by atoms with E-state index in [-0.39, 0.29) is 18.6 Å². The van der Waals surface area contributed by atoms with Crippen LogP contribution >= 0.6 is 23.2 Å². The van der Waals surface area contributed by atoms with Gasteiger partial charge in [0.1, 0.15) is 5.75 Å². The summed E-state index contributed by atoms with van der Waals surface area (Å²) in [5.41, 5.74) is 0. The molecule has 0 aliphatic heterocycles. The van der Waals surface area contributed by atoms with E-state index in [1.54, 1.807) is 18.2 Å². The van der Waals surface area contributed by atoms with E-state index in [0.29, 0.717) is 27.6 Å². The van der Waals surface area contributed by atoms with Gasteiger partial charge in [-0.25, -0.2) is 0 Å². The summed E-state index contributed by atoms with van der Waals surface area (Å²) in [7, 11) is 0. The van der Waals surface area contributed by atoms with Gasteiger partial charge in [0.15, 0.2) is 6.61 Å². The molecule has 1 aliphatic carbocycles. The molecule has 1 N–H and O–H groups in total. The van der Waals surface area contributed by atoms with Gasteiger partial charge < -0.3 is 10.1 Å². The average Bonchev–Trinajstić information content (AvgIpc) is 2.41. The minimum atomic E-state index is -0.1000. The highest BCUT2D eigenvalue weighted by Crippen LogP contribution is 2.29. The van der Waals surface area contributed by atoms with E-state index in [2.05, 4.69) is 19.2 Å². The number of benzene rings is 1. The van der Waals surface area contributed by atoms with Gasteiger partial charge in [0.25, 0.3) is 5.91 Å². The number of ether oxygens (including phenoxy) is 1. The van der Waals surface area contributed by atoms with Gasteiger partial charge in [-0.15, -0.1) is 0 Å². The molecule has 0 unspecified atom stereocenters. The Bertz CT molecular complexity index is 487. The maximum Gasteiger partial charge on any atom is 0.258 e. The Morgan fingerprint density at radius 1 is 1.24 bits per heavy atom. The third kappa shape index (κ3) is 4.79. The highest BCUT2D eigenvalue weighted by Gasteiger charge is 2.28. The SMILES string of the molecule is C[C@@H]1[C@@H](C)CCC[C@H]1NC(=O)COc1cc(Cl)cc(Cl)c1. The molecule has 2 rings (SSSR count). The van der Waals surface area contributed by atoms with Gasteiger partial charge in [-0.2, -0.15) is 0 Å². The Balaban J connectivity index is 1.84. The predicted octanol–water partition coefficient (Wildman–Crippen LogP) is 4.31. The topological polar surface area (TPSA) is 38.3 Å². The van der Waals surface area contributed by atoms with E-state index < -0.39 is 0 Å². The van der Waals surface area contributed by atoms with Crippen LogP contribution in [0.2, 0.25) is 10.0 Å². The van der Waals surface area contributed by atoms with Crippen molar-refractivity contribution in [2.24, 2.45) is 11.8 Å². The van der Waals surface area contributed by atoms with Crippen molar-refractivity contribution in [2.45, 2.75) is 39.2 Å². The Morgan fingerprint density at radius 3 is 2.57 bits per heavy atom. The van der Waals surface area contributed by atoms with Crippen molar-refractivity contribution in [1.29, 1.82) is 0 Å². The zero-order valence-corrected chi connectivity index (χ0v) is 13.9. The second-order valence-electron chi connectivity index (χ2n) is 5.84. The highest BCUT2D eigenvalue weighted by molar-refractivity contribution is 6.34. The lowest BCUT2D eigenvalue weighted by Gasteiger charge is -2.34. The van der Waals surface area contributed by atoms with Crippen molar-refractivity contribution < 1.29 is 9.53 Å². The first-order valence-electron chi connectivity index (χ1n) is 7.34. The quantitative estimate of drug-likeness (QED) is 0.893. The maximum atomic E-state index is 12.0. The number of nitrogens with one attached hydrogen (secondary N) is 1. The third-order valence-corrected chi connectivity index (χ3v) is 4.70. The number of carbonyl (C=O) groups is 1. The zero-order chi connectivity index (χ0) is 15.4. The van der Waals surface area contributed by atoms with E-state index >= 15 is 0 Å². The van der Waals surface area contributed by atoms with Crippen molar-refractivity contribution >= 4 is 29.1 Å². The van der Waals surface area contributed by atoms with Crippen LogP contribution in [-0.2, 0) is 4.79 Å². The lowest BCUT2D eigenvalue weighted by Crippen LogP contribution is -2.45. The van der Waals surface area contributed by atoms with Gasteiger partial charge in [0, 0.05) is 16.1 Å². The van der Waals surface area contributed by atoms with E-state index in [0.717, 1.165) is 6.42 Å². The lowest BCUT2D eigenvalue weighted by atomic mass is 9.78. The molecule has 1 aliphatic rings. The van der Waals surface area contributed by atoms with Crippen molar-refractivity contribution in [3.8, 4) is 5.75 Å². The van der Waals surface area contributed by atoms with E-state index in [4.69, 9.17) is 27.9 Å². The van der Waals surface area contributed by atoms with Crippen LogP contribution in [0.1, 0.15) is 33.1 Å². The standard InChI is InChI=1S/C16H21Cl2NO2/c1-10-4-3-5-15(11(10)2)19-16(20)9-21-14-7-12(17)6-13(18)8-14/h6-8,10-11,15H,3-5,9H2,1-2H3,(H,19,20)/t10-,11+,15+/m0/s1. The number of hydrogen-bond donors (Lipinski definition) is 1. The average molecular weight is 330 g/mol. The normalized spacial score (nSPS) is 25.4. The maximum absolute atomic E-state index is 12.0. The third-order valence-electron chi connectivity index (χ3n) is 4.26. The summed E-state index contributed by atoms with van der Waals surface area (Å²) in [6.07, 6.45) is 3.45. The first kappa shape index (κ1) is 16.4. The Hall–Kier alpha value is -0.930. The smallest absolute Gasteiger partial charge is 0.258 e. The van der Waals surface area contributed by atoms with Crippen LogP contribution in [0.15, 0.2) is 18.2 Å². The summed E-state index contributed by atoms with van der Waals surface area (Å²) in [6, 6.07) is 5.16. The first-order valence-corrected chi connectivity index (χ1v) is 8.09. The molecular formula is C16H21Cl2NO2. The Kier molecular flexibility index (Phi) is 5.77. The summed E-state index contributed by atoms with van der Waals surface area (Å²) >= 11 is 11.8. The number of amides is 1. The number of rotatable bonds is 4. The van der Waals surface area contributed by atoms with Gasteiger partial charge in [0.2, 0.25) is 0 Å². The molecule has 0 heterocycles. The molecule has 3 nitrogen and oxygen atoms in total.